The molecule has 1 atom stereocenters. The first-order chi connectivity index (χ1) is 15.8. The van der Waals surface area contributed by atoms with Crippen LogP contribution in [0.15, 0.2) is 42.5 Å². The average molecular weight is 455 g/mol. The van der Waals surface area contributed by atoms with Crippen LogP contribution in [0.25, 0.3) is 0 Å². The molecule has 1 aliphatic rings. The minimum atomic E-state index is -0.912. The Balaban J connectivity index is 1.60. The van der Waals surface area contributed by atoms with Crippen molar-refractivity contribution in [3.8, 4) is 11.5 Å². The molecule has 33 heavy (non-hydrogen) atoms. The number of hydrogen-bond acceptors (Lipinski definition) is 6. The molecule has 0 unspecified atom stereocenters. The van der Waals surface area contributed by atoms with Gasteiger partial charge in [-0.15, -0.1) is 0 Å². The Morgan fingerprint density at radius 1 is 1.00 bits per heavy atom. The van der Waals surface area contributed by atoms with Gasteiger partial charge in [-0.2, -0.15) is 0 Å². The van der Waals surface area contributed by atoms with Crippen molar-refractivity contribution in [3.05, 3.63) is 59.2 Å². The number of carbonyl (C=O) groups is 3. The maximum absolute atomic E-state index is 12.8. The Hall–Kier alpha value is -3.55. The van der Waals surface area contributed by atoms with Crippen molar-refractivity contribution in [3.63, 3.8) is 0 Å². The number of ether oxygens (including phenoxy) is 3. The van der Waals surface area contributed by atoms with Gasteiger partial charge >= 0.3 is 5.97 Å². The minimum absolute atomic E-state index is 0.245. The summed E-state index contributed by atoms with van der Waals surface area (Å²) in [6.07, 6.45) is 0.768. The van der Waals surface area contributed by atoms with E-state index in [0.29, 0.717) is 24.6 Å². The highest BCUT2D eigenvalue weighted by Crippen LogP contribution is 2.23. The van der Waals surface area contributed by atoms with E-state index in [2.05, 4.69) is 11.4 Å². The van der Waals surface area contributed by atoms with Gasteiger partial charge in [0.1, 0.15) is 17.5 Å². The number of methoxy groups -OCH3 is 2. The SMILES string of the molecule is COc1cc(OC)cc(C(=O)N[C@H](C(=O)OCC(=O)N2CCc3ccccc3C2)C(C)C)c1. The van der Waals surface area contributed by atoms with E-state index >= 15 is 0 Å². The quantitative estimate of drug-likeness (QED) is 0.616. The molecular formula is C25H30N2O6. The second-order valence-electron chi connectivity index (χ2n) is 8.24. The van der Waals surface area contributed by atoms with Gasteiger partial charge in [0.05, 0.1) is 14.2 Å². The summed E-state index contributed by atoms with van der Waals surface area (Å²) in [4.78, 5) is 39.8. The van der Waals surface area contributed by atoms with Gasteiger partial charge in [0, 0.05) is 24.7 Å². The van der Waals surface area contributed by atoms with Crippen LogP contribution in [-0.2, 0) is 27.3 Å². The van der Waals surface area contributed by atoms with Crippen molar-refractivity contribution < 1.29 is 28.6 Å². The van der Waals surface area contributed by atoms with E-state index in [9.17, 15) is 14.4 Å². The standard InChI is InChI=1S/C25H30N2O6/c1-16(2)23(26-24(29)19-11-20(31-3)13-21(12-19)32-4)25(30)33-15-22(28)27-10-9-17-7-5-6-8-18(17)14-27/h5-8,11-13,16,23H,9-10,14-15H2,1-4H3,(H,26,29)/t23-/m0/s1. The van der Waals surface area contributed by atoms with E-state index < -0.39 is 17.9 Å². The van der Waals surface area contributed by atoms with Gasteiger partial charge in [0.15, 0.2) is 6.61 Å². The molecule has 1 N–H and O–H groups in total. The Kier molecular flexibility index (Phi) is 7.92. The van der Waals surface area contributed by atoms with E-state index in [1.807, 2.05) is 18.2 Å². The molecule has 3 rings (SSSR count). The molecule has 0 fully saturated rings. The highest BCUT2D eigenvalue weighted by Gasteiger charge is 2.28. The molecule has 1 heterocycles. The minimum Gasteiger partial charge on any atom is -0.497 e. The number of fused-ring (bicyclic) bond motifs is 1. The first-order valence-electron chi connectivity index (χ1n) is 10.9. The fraction of sp³-hybridized carbons (Fsp3) is 0.400. The summed E-state index contributed by atoms with van der Waals surface area (Å²) < 4.78 is 15.7. The fourth-order valence-electron chi connectivity index (χ4n) is 3.68. The van der Waals surface area contributed by atoms with Crippen molar-refractivity contribution in [2.45, 2.75) is 32.9 Å². The number of esters is 1. The highest BCUT2D eigenvalue weighted by molar-refractivity contribution is 5.97. The Morgan fingerprint density at radius 2 is 1.64 bits per heavy atom. The number of amides is 2. The Bertz CT molecular complexity index is 997. The zero-order valence-electron chi connectivity index (χ0n) is 19.4. The molecule has 2 aromatic rings. The summed E-state index contributed by atoms with van der Waals surface area (Å²) in [5, 5.41) is 2.70. The van der Waals surface area contributed by atoms with Crippen LogP contribution in [0.1, 0.15) is 35.3 Å². The van der Waals surface area contributed by atoms with Crippen LogP contribution in [0.3, 0.4) is 0 Å². The maximum Gasteiger partial charge on any atom is 0.329 e. The largest absolute Gasteiger partial charge is 0.497 e. The van der Waals surface area contributed by atoms with Gasteiger partial charge in [0.2, 0.25) is 0 Å². The molecule has 2 aromatic carbocycles. The number of nitrogens with zero attached hydrogens (tertiary/aromatic N) is 1. The van der Waals surface area contributed by atoms with E-state index in [4.69, 9.17) is 14.2 Å². The van der Waals surface area contributed by atoms with Gasteiger partial charge in [0.25, 0.3) is 11.8 Å². The molecule has 8 nitrogen and oxygen atoms in total. The normalized spacial score (nSPS) is 13.7. The van der Waals surface area contributed by atoms with Gasteiger partial charge in [-0.1, -0.05) is 38.1 Å². The number of benzene rings is 2. The third-order valence-electron chi connectivity index (χ3n) is 5.64. The zero-order valence-corrected chi connectivity index (χ0v) is 19.4. The topological polar surface area (TPSA) is 94.2 Å². The van der Waals surface area contributed by atoms with Crippen LogP contribution in [0.5, 0.6) is 11.5 Å². The maximum atomic E-state index is 12.8. The molecule has 8 heteroatoms. The second-order valence-corrected chi connectivity index (χ2v) is 8.24. The van der Waals surface area contributed by atoms with Crippen molar-refractivity contribution in [2.24, 2.45) is 5.92 Å². The summed E-state index contributed by atoms with van der Waals surface area (Å²) in [5.41, 5.74) is 2.62. The molecule has 0 aromatic heterocycles. The predicted molar refractivity (Wildman–Crippen MR) is 122 cm³/mol. The Labute approximate surface area is 193 Å². The molecule has 0 aliphatic carbocycles. The van der Waals surface area contributed by atoms with Crippen LogP contribution in [0.4, 0.5) is 0 Å². The summed E-state index contributed by atoms with van der Waals surface area (Å²) in [6.45, 7) is 4.29. The molecule has 0 bridgehead atoms. The number of carbonyl (C=O) groups excluding carboxylic acids is 3. The lowest BCUT2D eigenvalue weighted by Gasteiger charge is -2.29. The lowest BCUT2D eigenvalue weighted by atomic mass is 10.00. The van der Waals surface area contributed by atoms with Crippen molar-refractivity contribution in [1.29, 1.82) is 0 Å². The molecule has 176 valence electrons. The monoisotopic (exact) mass is 454 g/mol. The van der Waals surface area contributed by atoms with Crippen LogP contribution >= 0.6 is 0 Å². The predicted octanol–water partition coefficient (Wildman–Crippen LogP) is 2.59. The third-order valence-corrected chi connectivity index (χ3v) is 5.64. The molecule has 0 spiro atoms. The fourth-order valence-corrected chi connectivity index (χ4v) is 3.68. The second kappa shape index (κ2) is 10.8. The van der Waals surface area contributed by atoms with Crippen molar-refractivity contribution in [2.75, 3.05) is 27.4 Å². The number of hydrogen-bond donors (Lipinski definition) is 1. The van der Waals surface area contributed by atoms with E-state index in [1.54, 1.807) is 36.9 Å². The third kappa shape index (κ3) is 6.03. The van der Waals surface area contributed by atoms with Gasteiger partial charge < -0.3 is 24.4 Å². The number of nitrogens with one attached hydrogen (secondary N) is 1. The van der Waals surface area contributed by atoms with Gasteiger partial charge in [-0.05, 0) is 35.6 Å². The lowest BCUT2D eigenvalue weighted by Crippen LogP contribution is -2.46. The van der Waals surface area contributed by atoms with Crippen molar-refractivity contribution in [1.82, 2.24) is 10.2 Å². The average Bonchev–Trinajstić information content (AvgIpc) is 2.84. The molecule has 0 saturated heterocycles. The lowest BCUT2D eigenvalue weighted by molar-refractivity contribution is -0.154. The van der Waals surface area contributed by atoms with Gasteiger partial charge in [-0.25, -0.2) is 4.79 Å². The number of rotatable bonds is 8. The van der Waals surface area contributed by atoms with E-state index in [1.165, 1.54) is 19.8 Å². The van der Waals surface area contributed by atoms with Gasteiger partial charge in [-0.3, -0.25) is 9.59 Å². The van der Waals surface area contributed by atoms with Crippen LogP contribution in [0, 0.1) is 5.92 Å². The molecule has 0 saturated carbocycles. The van der Waals surface area contributed by atoms with Crippen LogP contribution < -0.4 is 14.8 Å². The molecular weight excluding hydrogens is 424 g/mol. The summed E-state index contributed by atoms with van der Waals surface area (Å²) in [7, 11) is 2.98. The molecule has 1 aliphatic heterocycles. The van der Waals surface area contributed by atoms with Crippen LogP contribution in [-0.4, -0.2) is 56.1 Å². The highest BCUT2D eigenvalue weighted by atomic mass is 16.5. The smallest absolute Gasteiger partial charge is 0.329 e. The molecule has 0 radical (unpaired) electrons. The Morgan fingerprint density at radius 3 is 2.24 bits per heavy atom. The zero-order chi connectivity index (χ0) is 24.0. The van der Waals surface area contributed by atoms with E-state index in [-0.39, 0.29) is 24.0 Å². The summed E-state index contributed by atoms with van der Waals surface area (Å²) in [5.74, 6) is -0.718. The first kappa shape index (κ1) is 24.1. The van der Waals surface area contributed by atoms with Crippen LogP contribution in [0.2, 0.25) is 0 Å². The van der Waals surface area contributed by atoms with E-state index in [0.717, 1.165) is 12.0 Å². The first-order valence-corrected chi connectivity index (χ1v) is 10.9. The summed E-state index contributed by atoms with van der Waals surface area (Å²) in [6, 6.07) is 11.8. The van der Waals surface area contributed by atoms with Crippen molar-refractivity contribution >= 4 is 17.8 Å². The molecule has 2 amide bonds. The summed E-state index contributed by atoms with van der Waals surface area (Å²) >= 11 is 0.